The molecule has 6 heteroatoms. The van der Waals surface area contributed by atoms with Gasteiger partial charge in [-0.25, -0.2) is 4.79 Å². The fourth-order valence-electron chi connectivity index (χ4n) is 2.60. The van der Waals surface area contributed by atoms with Crippen LogP contribution in [0.4, 0.5) is 10.5 Å². The minimum absolute atomic E-state index is 0.0572. The SMILES string of the molecule is CC(C)NC(=O)Nc1cccc(C(=O)NC2CNCCC2C)c1. The van der Waals surface area contributed by atoms with Gasteiger partial charge in [-0.15, -0.1) is 0 Å². The molecule has 0 bridgehead atoms. The van der Waals surface area contributed by atoms with Crippen LogP contribution in [0.2, 0.25) is 0 Å². The standard InChI is InChI=1S/C17H26N4O2/c1-11(2)19-17(23)20-14-6-4-5-13(9-14)16(22)21-15-10-18-8-7-12(15)3/h4-6,9,11-12,15,18H,7-8,10H2,1-3H3,(H,21,22)(H2,19,20,23). The van der Waals surface area contributed by atoms with E-state index in [0.717, 1.165) is 19.5 Å². The molecule has 2 unspecified atom stereocenters. The van der Waals surface area contributed by atoms with Crippen LogP contribution < -0.4 is 21.3 Å². The number of nitrogens with one attached hydrogen (secondary N) is 4. The second-order valence-corrected chi connectivity index (χ2v) is 6.38. The summed E-state index contributed by atoms with van der Waals surface area (Å²) < 4.78 is 0. The predicted octanol–water partition coefficient (Wildman–Crippen LogP) is 1.94. The fourth-order valence-corrected chi connectivity index (χ4v) is 2.60. The normalized spacial score (nSPS) is 20.9. The van der Waals surface area contributed by atoms with Gasteiger partial charge in [0.25, 0.3) is 5.91 Å². The molecule has 1 aliphatic heterocycles. The summed E-state index contributed by atoms with van der Waals surface area (Å²) in [5.74, 6) is 0.344. The minimum atomic E-state index is -0.275. The summed E-state index contributed by atoms with van der Waals surface area (Å²) in [5, 5.41) is 11.9. The van der Waals surface area contributed by atoms with Gasteiger partial charge >= 0.3 is 6.03 Å². The summed E-state index contributed by atoms with van der Waals surface area (Å²) in [6.45, 7) is 7.73. The van der Waals surface area contributed by atoms with E-state index in [1.165, 1.54) is 0 Å². The van der Waals surface area contributed by atoms with Gasteiger partial charge in [-0.1, -0.05) is 13.0 Å². The largest absolute Gasteiger partial charge is 0.348 e. The van der Waals surface area contributed by atoms with Gasteiger partial charge in [0, 0.05) is 29.9 Å². The Hall–Kier alpha value is -2.08. The highest BCUT2D eigenvalue weighted by Crippen LogP contribution is 2.14. The summed E-state index contributed by atoms with van der Waals surface area (Å²) in [6, 6.07) is 6.89. The Morgan fingerprint density at radius 3 is 2.78 bits per heavy atom. The van der Waals surface area contributed by atoms with Crippen molar-refractivity contribution in [3.05, 3.63) is 29.8 Å². The summed E-state index contributed by atoms with van der Waals surface area (Å²) in [5.41, 5.74) is 1.15. The van der Waals surface area contributed by atoms with E-state index in [2.05, 4.69) is 28.2 Å². The molecule has 2 atom stereocenters. The number of piperidine rings is 1. The highest BCUT2D eigenvalue weighted by atomic mass is 16.2. The van der Waals surface area contributed by atoms with E-state index in [4.69, 9.17) is 0 Å². The monoisotopic (exact) mass is 318 g/mol. The Morgan fingerprint density at radius 1 is 1.30 bits per heavy atom. The van der Waals surface area contributed by atoms with Gasteiger partial charge in [-0.2, -0.15) is 0 Å². The quantitative estimate of drug-likeness (QED) is 0.685. The number of rotatable bonds is 4. The highest BCUT2D eigenvalue weighted by molar-refractivity contribution is 5.97. The van der Waals surface area contributed by atoms with Crippen molar-refractivity contribution in [1.29, 1.82) is 0 Å². The Kier molecular flexibility index (Phi) is 5.98. The molecule has 1 aromatic carbocycles. The highest BCUT2D eigenvalue weighted by Gasteiger charge is 2.23. The van der Waals surface area contributed by atoms with Gasteiger partial charge in [-0.3, -0.25) is 4.79 Å². The molecule has 0 spiro atoms. The van der Waals surface area contributed by atoms with Crippen molar-refractivity contribution < 1.29 is 9.59 Å². The molecule has 1 saturated heterocycles. The average Bonchev–Trinajstić information content (AvgIpc) is 2.49. The first kappa shape index (κ1) is 17.3. The first-order valence-corrected chi connectivity index (χ1v) is 8.15. The van der Waals surface area contributed by atoms with E-state index in [0.29, 0.717) is 17.2 Å². The van der Waals surface area contributed by atoms with Crippen molar-refractivity contribution in [2.24, 2.45) is 5.92 Å². The number of urea groups is 1. The van der Waals surface area contributed by atoms with Crippen molar-refractivity contribution in [1.82, 2.24) is 16.0 Å². The lowest BCUT2D eigenvalue weighted by Crippen LogP contribution is -2.50. The molecule has 1 aromatic rings. The third-order valence-electron chi connectivity index (χ3n) is 3.95. The molecule has 6 nitrogen and oxygen atoms in total. The van der Waals surface area contributed by atoms with E-state index in [-0.39, 0.29) is 24.0 Å². The number of anilines is 1. The summed E-state index contributed by atoms with van der Waals surface area (Å²) in [4.78, 5) is 24.1. The second kappa shape index (κ2) is 7.97. The molecular formula is C17H26N4O2. The third-order valence-corrected chi connectivity index (χ3v) is 3.95. The van der Waals surface area contributed by atoms with Crippen LogP contribution in [0.25, 0.3) is 0 Å². The predicted molar refractivity (Wildman–Crippen MR) is 91.6 cm³/mol. The van der Waals surface area contributed by atoms with Crippen LogP contribution >= 0.6 is 0 Å². The Morgan fingerprint density at radius 2 is 2.09 bits per heavy atom. The molecule has 23 heavy (non-hydrogen) atoms. The van der Waals surface area contributed by atoms with Crippen molar-refractivity contribution in [3.8, 4) is 0 Å². The van der Waals surface area contributed by atoms with E-state index >= 15 is 0 Å². The van der Waals surface area contributed by atoms with E-state index < -0.39 is 0 Å². The lowest BCUT2D eigenvalue weighted by molar-refractivity contribution is 0.0915. The topological polar surface area (TPSA) is 82.3 Å². The molecule has 0 saturated carbocycles. The molecule has 1 fully saturated rings. The Labute approximate surface area is 137 Å². The summed E-state index contributed by atoms with van der Waals surface area (Å²) in [7, 11) is 0. The lowest BCUT2D eigenvalue weighted by atomic mass is 9.94. The zero-order valence-electron chi connectivity index (χ0n) is 14.0. The molecule has 0 aromatic heterocycles. The Bertz CT molecular complexity index is 559. The zero-order valence-corrected chi connectivity index (χ0v) is 14.0. The summed E-state index contributed by atoms with van der Waals surface area (Å²) >= 11 is 0. The number of hydrogen-bond donors (Lipinski definition) is 4. The maximum Gasteiger partial charge on any atom is 0.319 e. The molecule has 0 radical (unpaired) electrons. The van der Waals surface area contributed by atoms with Crippen LogP contribution in [0.5, 0.6) is 0 Å². The molecule has 126 valence electrons. The molecule has 0 aliphatic carbocycles. The molecule has 2 rings (SSSR count). The van der Waals surface area contributed by atoms with Crippen molar-refractivity contribution in [2.45, 2.75) is 39.3 Å². The number of carbonyl (C=O) groups is 2. The van der Waals surface area contributed by atoms with Crippen molar-refractivity contribution in [3.63, 3.8) is 0 Å². The van der Waals surface area contributed by atoms with Crippen LogP contribution in [-0.4, -0.2) is 37.1 Å². The van der Waals surface area contributed by atoms with Gasteiger partial charge in [0.15, 0.2) is 0 Å². The van der Waals surface area contributed by atoms with Crippen LogP contribution in [0.3, 0.4) is 0 Å². The summed E-state index contributed by atoms with van der Waals surface area (Å²) in [6.07, 6.45) is 1.06. The van der Waals surface area contributed by atoms with Gasteiger partial charge in [0.2, 0.25) is 0 Å². The second-order valence-electron chi connectivity index (χ2n) is 6.38. The van der Waals surface area contributed by atoms with E-state index in [1.807, 2.05) is 13.8 Å². The number of carbonyl (C=O) groups excluding carboxylic acids is 2. The smallest absolute Gasteiger partial charge is 0.319 e. The van der Waals surface area contributed by atoms with Crippen LogP contribution in [0, 0.1) is 5.92 Å². The lowest BCUT2D eigenvalue weighted by Gasteiger charge is -2.30. The first-order chi connectivity index (χ1) is 11.0. The van der Waals surface area contributed by atoms with Gasteiger partial charge in [-0.05, 0) is 50.9 Å². The maximum atomic E-state index is 12.4. The van der Waals surface area contributed by atoms with E-state index in [1.54, 1.807) is 24.3 Å². The number of benzene rings is 1. The van der Waals surface area contributed by atoms with Gasteiger partial charge < -0.3 is 21.3 Å². The Balaban J connectivity index is 1.98. The van der Waals surface area contributed by atoms with Gasteiger partial charge in [0.1, 0.15) is 0 Å². The van der Waals surface area contributed by atoms with Crippen molar-refractivity contribution in [2.75, 3.05) is 18.4 Å². The fraction of sp³-hybridized carbons (Fsp3) is 0.529. The molecular weight excluding hydrogens is 292 g/mol. The third kappa shape index (κ3) is 5.25. The van der Waals surface area contributed by atoms with Gasteiger partial charge in [0.05, 0.1) is 0 Å². The average molecular weight is 318 g/mol. The van der Waals surface area contributed by atoms with Crippen LogP contribution in [-0.2, 0) is 0 Å². The molecule has 1 aliphatic rings. The van der Waals surface area contributed by atoms with Crippen LogP contribution in [0.1, 0.15) is 37.6 Å². The zero-order chi connectivity index (χ0) is 16.8. The van der Waals surface area contributed by atoms with Crippen LogP contribution in [0.15, 0.2) is 24.3 Å². The van der Waals surface area contributed by atoms with Crippen molar-refractivity contribution >= 4 is 17.6 Å². The first-order valence-electron chi connectivity index (χ1n) is 8.15. The minimum Gasteiger partial charge on any atom is -0.348 e. The number of amides is 3. The number of hydrogen-bond acceptors (Lipinski definition) is 3. The molecule has 3 amide bonds. The van der Waals surface area contributed by atoms with E-state index in [9.17, 15) is 9.59 Å². The molecule has 1 heterocycles. The maximum absolute atomic E-state index is 12.4. The molecule has 4 N–H and O–H groups in total.